The number of ether oxygens (including phenoxy) is 1. The molecule has 2 aromatic heterocycles. The Kier molecular flexibility index (Phi) is 5.31. The van der Waals surface area contributed by atoms with Gasteiger partial charge < -0.3 is 10.1 Å². The van der Waals surface area contributed by atoms with Gasteiger partial charge in [0, 0.05) is 14.1 Å². The summed E-state index contributed by atoms with van der Waals surface area (Å²) in [6.07, 6.45) is 0. The lowest BCUT2D eigenvalue weighted by molar-refractivity contribution is -0.121. The third-order valence-electron chi connectivity index (χ3n) is 4.04. The largest absolute Gasteiger partial charge is 0.492 e. The Bertz CT molecular complexity index is 1100. The summed E-state index contributed by atoms with van der Waals surface area (Å²) in [6, 6.07) is 9.23. The number of imidazole rings is 1. The molecule has 2 heterocycles. The molecule has 10 heteroatoms. The van der Waals surface area contributed by atoms with E-state index in [-0.39, 0.29) is 35.4 Å². The molecule has 0 atom stereocenters. The van der Waals surface area contributed by atoms with E-state index in [2.05, 4.69) is 10.3 Å². The minimum absolute atomic E-state index is 0.0426. The molecule has 0 saturated heterocycles. The van der Waals surface area contributed by atoms with E-state index in [1.165, 1.54) is 23.2 Å². The highest BCUT2D eigenvalue weighted by atomic mass is 35.5. The number of fused-ring (bicyclic) bond motifs is 1. The molecular formula is C17H18ClN5O4. The Morgan fingerprint density at radius 3 is 2.59 bits per heavy atom. The van der Waals surface area contributed by atoms with Gasteiger partial charge in [-0.25, -0.2) is 4.79 Å². The van der Waals surface area contributed by atoms with E-state index >= 15 is 0 Å². The number of hydrogen-bond donors (Lipinski definition) is 1. The summed E-state index contributed by atoms with van der Waals surface area (Å²) in [6.45, 7) is 0.382. The minimum atomic E-state index is -0.562. The van der Waals surface area contributed by atoms with Gasteiger partial charge in [0.2, 0.25) is 11.2 Å². The van der Waals surface area contributed by atoms with Crippen LogP contribution in [0.5, 0.6) is 5.75 Å². The standard InChI is InChI=1S/C17H18ClN5O4/c1-21-14-13(15(25)22(2)17(21)26)23(16(18)20-14)10-12(24)19-8-9-27-11-6-4-3-5-7-11/h3-7H,8-10H2,1-2H3,(H,19,24). The number of amides is 1. The number of para-hydroxylation sites is 1. The first-order valence-corrected chi connectivity index (χ1v) is 8.54. The molecule has 0 fully saturated rings. The van der Waals surface area contributed by atoms with Crippen molar-refractivity contribution in [3.8, 4) is 5.75 Å². The molecule has 1 amide bonds. The number of rotatable bonds is 6. The van der Waals surface area contributed by atoms with Crippen molar-refractivity contribution >= 4 is 28.7 Å². The van der Waals surface area contributed by atoms with E-state index in [0.29, 0.717) is 12.4 Å². The molecule has 1 aromatic carbocycles. The fourth-order valence-corrected chi connectivity index (χ4v) is 2.86. The van der Waals surface area contributed by atoms with Crippen LogP contribution in [-0.2, 0) is 25.4 Å². The number of aromatic nitrogens is 4. The van der Waals surface area contributed by atoms with Gasteiger partial charge in [-0.05, 0) is 23.7 Å². The summed E-state index contributed by atoms with van der Waals surface area (Å²) in [5, 5.41) is 2.65. The van der Waals surface area contributed by atoms with Gasteiger partial charge in [0.1, 0.15) is 18.9 Å². The average molecular weight is 392 g/mol. The van der Waals surface area contributed by atoms with E-state index in [0.717, 1.165) is 4.57 Å². The van der Waals surface area contributed by atoms with Crippen LogP contribution in [0.4, 0.5) is 0 Å². The Balaban J connectivity index is 1.71. The molecule has 0 saturated carbocycles. The number of nitrogens with zero attached hydrogens (tertiary/aromatic N) is 4. The summed E-state index contributed by atoms with van der Waals surface area (Å²) in [7, 11) is 2.84. The Hall–Kier alpha value is -3.07. The predicted octanol–water partition coefficient (Wildman–Crippen LogP) is 0.282. The molecule has 27 heavy (non-hydrogen) atoms. The van der Waals surface area contributed by atoms with Crippen LogP contribution in [0, 0.1) is 0 Å². The smallest absolute Gasteiger partial charge is 0.332 e. The van der Waals surface area contributed by atoms with Crippen molar-refractivity contribution in [2.24, 2.45) is 14.1 Å². The summed E-state index contributed by atoms with van der Waals surface area (Å²) in [5.41, 5.74) is -0.849. The van der Waals surface area contributed by atoms with Gasteiger partial charge in [0.05, 0.1) is 6.54 Å². The summed E-state index contributed by atoms with van der Waals surface area (Å²) >= 11 is 6.09. The van der Waals surface area contributed by atoms with Crippen molar-refractivity contribution in [2.75, 3.05) is 13.2 Å². The first-order chi connectivity index (χ1) is 12.9. The lowest BCUT2D eigenvalue weighted by atomic mass is 10.3. The molecule has 0 radical (unpaired) electrons. The fourth-order valence-electron chi connectivity index (χ4n) is 2.64. The van der Waals surface area contributed by atoms with Gasteiger partial charge >= 0.3 is 5.69 Å². The predicted molar refractivity (Wildman–Crippen MR) is 100 cm³/mol. The van der Waals surface area contributed by atoms with Gasteiger partial charge in [-0.3, -0.25) is 23.3 Å². The van der Waals surface area contributed by atoms with Crippen LogP contribution < -0.4 is 21.3 Å². The monoisotopic (exact) mass is 391 g/mol. The lowest BCUT2D eigenvalue weighted by Gasteiger charge is -2.09. The maximum absolute atomic E-state index is 12.4. The van der Waals surface area contributed by atoms with Gasteiger partial charge in [0.25, 0.3) is 5.56 Å². The van der Waals surface area contributed by atoms with Crippen LogP contribution in [0.1, 0.15) is 0 Å². The molecule has 0 spiro atoms. The molecule has 142 valence electrons. The fraction of sp³-hybridized carbons (Fsp3) is 0.294. The number of hydrogen-bond acceptors (Lipinski definition) is 5. The van der Waals surface area contributed by atoms with Crippen molar-refractivity contribution in [2.45, 2.75) is 6.54 Å². The maximum Gasteiger partial charge on any atom is 0.332 e. The van der Waals surface area contributed by atoms with E-state index in [1.807, 2.05) is 30.3 Å². The Labute approximate surface area is 158 Å². The third-order valence-corrected chi connectivity index (χ3v) is 4.33. The highest BCUT2D eigenvalue weighted by molar-refractivity contribution is 6.29. The quantitative estimate of drug-likeness (QED) is 0.480. The van der Waals surface area contributed by atoms with Crippen LogP contribution in [0.2, 0.25) is 5.28 Å². The zero-order valence-electron chi connectivity index (χ0n) is 14.8. The number of carbonyl (C=O) groups is 1. The van der Waals surface area contributed by atoms with Crippen LogP contribution >= 0.6 is 11.6 Å². The van der Waals surface area contributed by atoms with Crippen LogP contribution in [0.15, 0.2) is 39.9 Å². The molecule has 0 aliphatic rings. The number of benzene rings is 1. The summed E-state index contributed by atoms with van der Waals surface area (Å²) in [5.74, 6) is 0.351. The molecule has 9 nitrogen and oxygen atoms in total. The number of aryl methyl sites for hydroxylation is 1. The SMILES string of the molecule is Cn1c(=O)c2c(nc(Cl)n2CC(=O)NCCOc2ccccc2)n(C)c1=O. The summed E-state index contributed by atoms with van der Waals surface area (Å²) in [4.78, 5) is 40.6. The van der Waals surface area contributed by atoms with Crippen molar-refractivity contribution < 1.29 is 9.53 Å². The molecule has 3 rings (SSSR count). The van der Waals surface area contributed by atoms with E-state index in [9.17, 15) is 14.4 Å². The van der Waals surface area contributed by atoms with Crippen LogP contribution in [-0.4, -0.2) is 37.7 Å². The van der Waals surface area contributed by atoms with Gasteiger partial charge in [0.15, 0.2) is 11.2 Å². The first-order valence-electron chi connectivity index (χ1n) is 8.16. The lowest BCUT2D eigenvalue weighted by Crippen LogP contribution is -2.38. The zero-order valence-corrected chi connectivity index (χ0v) is 15.6. The molecule has 0 unspecified atom stereocenters. The molecule has 0 bridgehead atoms. The number of carbonyl (C=O) groups excluding carboxylic acids is 1. The van der Waals surface area contributed by atoms with Gasteiger partial charge in [-0.15, -0.1) is 0 Å². The van der Waals surface area contributed by atoms with Crippen LogP contribution in [0.3, 0.4) is 0 Å². The van der Waals surface area contributed by atoms with Crippen molar-refractivity contribution in [1.29, 1.82) is 0 Å². The second kappa shape index (κ2) is 7.67. The minimum Gasteiger partial charge on any atom is -0.492 e. The maximum atomic E-state index is 12.4. The molecular weight excluding hydrogens is 374 g/mol. The van der Waals surface area contributed by atoms with E-state index < -0.39 is 11.2 Å². The zero-order chi connectivity index (χ0) is 19.6. The molecule has 3 aromatic rings. The van der Waals surface area contributed by atoms with E-state index in [4.69, 9.17) is 16.3 Å². The van der Waals surface area contributed by atoms with Crippen LogP contribution in [0.25, 0.3) is 11.2 Å². The third kappa shape index (κ3) is 3.72. The number of nitrogens with one attached hydrogen (secondary N) is 1. The first kappa shape index (κ1) is 18.7. The van der Waals surface area contributed by atoms with Gasteiger partial charge in [-0.2, -0.15) is 4.98 Å². The molecule has 1 N–H and O–H groups in total. The Morgan fingerprint density at radius 2 is 1.89 bits per heavy atom. The highest BCUT2D eigenvalue weighted by Crippen LogP contribution is 2.15. The molecule has 0 aliphatic carbocycles. The number of halogens is 1. The van der Waals surface area contributed by atoms with Crippen molar-refractivity contribution in [3.05, 3.63) is 56.5 Å². The van der Waals surface area contributed by atoms with Crippen molar-refractivity contribution in [3.63, 3.8) is 0 Å². The average Bonchev–Trinajstić information content (AvgIpc) is 2.99. The topological polar surface area (TPSA) is 100 Å². The molecule has 0 aliphatic heterocycles. The van der Waals surface area contributed by atoms with Crippen molar-refractivity contribution in [1.82, 2.24) is 24.0 Å². The van der Waals surface area contributed by atoms with Gasteiger partial charge in [-0.1, -0.05) is 18.2 Å². The summed E-state index contributed by atoms with van der Waals surface area (Å²) < 4.78 is 8.94. The second-order valence-electron chi connectivity index (χ2n) is 5.86. The normalized spacial score (nSPS) is 10.9. The van der Waals surface area contributed by atoms with E-state index in [1.54, 1.807) is 0 Å². The Morgan fingerprint density at radius 1 is 1.19 bits per heavy atom. The highest BCUT2D eigenvalue weighted by Gasteiger charge is 2.19. The second-order valence-corrected chi connectivity index (χ2v) is 6.19.